The van der Waals surface area contributed by atoms with Crippen LogP contribution in [0.1, 0.15) is 26.2 Å². The Bertz CT molecular complexity index is 648. The van der Waals surface area contributed by atoms with Crippen molar-refractivity contribution in [2.75, 3.05) is 24.5 Å². The second kappa shape index (κ2) is 9.75. The summed E-state index contributed by atoms with van der Waals surface area (Å²) in [7, 11) is 0. The van der Waals surface area contributed by atoms with Crippen molar-refractivity contribution in [1.82, 2.24) is 16.0 Å². The van der Waals surface area contributed by atoms with Crippen LogP contribution >= 0.6 is 24.0 Å². The van der Waals surface area contributed by atoms with Gasteiger partial charge in [0.2, 0.25) is 11.8 Å². The third-order valence-corrected chi connectivity index (χ3v) is 4.20. The van der Waals surface area contributed by atoms with Crippen LogP contribution in [0.2, 0.25) is 0 Å². The second-order valence-corrected chi connectivity index (χ2v) is 6.42. The number of anilines is 1. The Hall–Kier alpha value is -1.84. The summed E-state index contributed by atoms with van der Waals surface area (Å²) in [6, 6.07) is 9.95. The Morgan fingerprint density at radius 1 is 1.19 bits per heavy atom. The molecule has 7 nitrogen and oxygen atoms in total. The van der Waals surface area contributed by atoms with Gasteiger partial charge in [0, 0.05) is 31.2 Å². The molecule has 26 heavy (non-hydrogen) atoms. The van der Waals surface area contributed by atoms with E-state index in [2.05, 4.69) is 20.9 Å². The number of halogens is 1. The van der Waals surface area contributed by atoms with Gasteiger partial charge in [-0.25, -0.2) is 4.99 Å². The number of nitrogens with one attached hydrogen (secondary N) is 3. The molecule has 3 N–H and O–H groups in total. The fourth-order valence-corrected chi connectivity index (χ4v) is 2.83. The van der Waals surface area contributed by atoms with Gasteiger partial charge in [0.1, 0.15) is 6.54 Å². The average molecular weight is 471 g/mol. The van der Waals surface area contributed by atoms with Crippen molar-refractivity contribution < 1.29 is 9.59 Å². The number of para-hydroxylation sites is 1. The van der Waals surface area contributed by atoms with Crippen molar-refractivity contribution in [2.24, 2.45) is 4.99 Å². The van der Waals surface area contributed by atoms with Crippen molar-refractivity contribution in [1.29, 1.82) is 0 Å². The van der Waals surface area contributed by atoms with Crippen LogP contribution in [-0.4, -0.2) is 49.5 Å². The molecule has 0 spiro atoms. The SMILES string of the molecule is CCNC(=NCC(=O)NC1CC1)NC1CC(=O)N(c2ccccc2)C1.I. The first-order chi connectivity index (χ1) is 12.2. The highest BCUT2D eigenvalue weighted by atomic mass is 127. The smallest absolute Gasteiger partial charge is 0.242 e. The largest absolute Gasteiger partial charge is 0.357 e. The number of amides is 2. The maximum Gasteiger partial charge on any atom is 0.242 e. The molecule has 1 aliphatic carbocycles. The normalized spacial score (nSPS) is 19.7. The summed E-state index contributed by atoms with van der Waals surface area (Å²) in [4.78, 5) is 30.2. The number of aliphatic imine (C=N–C) groups is 1. The molecule has 1 atom stereocenters. The summed E-state index contributed by atoms with van der Waals surface area (Å²) in [5.74, 6) is 0.597. The zero-order valence-corrected chi connectivity index (χ0v) is 17.2. The van der Waals surface area contributed by atoms with E-state index in [1.54, 1.807) is 4.90 Å². The molecular formula is C18H26IN5O2. The minimum Gasteiger partial charge on any atom is -0.357 e. The van der Waals surface area contributed by atoms with Crippen LogP contribution in [0, 0.1) is 0 Å². The van der Waals surface area contributed by atoms with Gasteiger partial charge in [-0.05, 0) is 31.9 Å². The molecule has 0 aromatic heterocycles. The highest BCUT2D eigenvalue weighted by Crippen LogP contribution is 2.21. The van der Waals surface area contributed by atoms with Crippen LogP contribution in [0.5, 0.6) is 0 Å². The van der Waals surface area contributed by atoms with Crippen molar-refractivity contribution in [3.8, 4) is 0 Å². The van der Waals surface area contributed by atoms with Gasteiger partial charge in [0.05, 0.1) is 6.04 Å². The Morgan fingerprint density at radius 2 is 1.92 bits per heavy atom. The number of hydrogen-bond donors (Lipinski definition) is 3. The van der Waals surface area contributed by atoms with E-state index in [1.807, 2.05) is 37.3 Å². The lowest BCUT2D eigenvalue weighted by molar-refractivity contribution is -0.120. The van der Waals surface area contributed by atoms with Crippen molar-refractivity contribution in [3.05, 3.63) is 30.3 Å². The van der Waals surface area contributed by atoms with Crippen LogP contribution in [0.3, 0.4) is 0 Å². The third kappa shape index (κ3) is 5.86. The third-order valence-electron chi connectivity index (χ3n) is 4.20. The Morgan fingerprint density at radius 3 is 2.58 bits per heavy atom. The quantitative estimate of drug-likeness (QED) is 0.331. The first-order valence-corrected chi connectivity index (χ1v) is 8.85. The molecule has 1 aliphatic heterocycles. The maximum atomic E-state index is 12.3. The zero-order valence-electron chi connectivity index (χ0n) is 14.9. The van der Waals surface area contributed by atoms with Gasteiger partial charge < -0.3 is 20.9 Å². The molecule has 1 unspecified atom stereocenters. The van der Waals surface area contributed by atoms with Gasteiger partial charge >= 0.3 is 0 Å². The number of nitrogens with zero attached hydrogens (tertiary/aromatic N) is 2. The molecule has 142 valence electrons. The van der Waals surface area contributed by atoms with E-state index in [0.717, 1.165) is 18.5 Å². The van der Waals surface area contributed by atoms with Crippen molar-refractivity contribution in [2.45, 2.75) is 38.3 Å². The summed E-state index contributed by atoms with van der Waals surface area (Å²) in [6.07, 6.45) is 2.54. The molecule has 1 aromatic rings. The molecule has 1 aromatic carbocycles. The molecule has 3 rings (SSSR count). The van der Waals surface area contributed by atoms with E-state index in [0.29, 0.717) is 31.5 Å². The van der Waals surface area contributed by atoms with Crippen molar-refractivity contribution in [3.63, 3.8) is 0 Å². The monoisotopic (exact) mass is 471 g/mol. The lowest BCUT2D eigenvalue weighted by Gasteiger charge is -2.19. The zero-order chi connectivity index (χ0) is 17.6. The first-order valence-electron chi connectivity index (χ1n) is 8.85. The molecule has 1 saturated heterocycles. The van der Waals surface area contributed by atoms with Gasteiger partial charge in [-0.15, -0.1) is 24.0 Å². The number of benzene rings is 1. The molecule has 0 bridgehead atoms. The molecule has 8 heteroatoms. The van der Waals surface area contributed by atoms with E-state index in [9.17, 15) is 9.59 Å². The molecule has 1 saturated carbocycles. The summed E-state index contributed by atoms with van der Waals surface area (Å²) < 4.78 is 0. The molecule has 0 radical (unpaired) electrons. The lowest BCUT2D eigenvalue weighted by atomic mass is 10.2. The number of rotatable bonds is 6. The number of hydrogen-bond acceptors (Lipinski definition) is 3. The minimum atomic E-state index is -0.0619. The molecule has 1 heterocycles. The van der Waals surface area contributed by atoms with Gasteiger partial charge in [0.15, 0.2) is 5.96 Å². The molecule has 2 amide bonds. The summed E-state index contributed by atoms with van der Waals surface area (Å²) in [5.41, 5.74) is 0.905. The van der Waals surface area contributed by atoms with Crippen LogP contribution in [-0.2, 0) is 9.59 Å². The molecule has 2 fully saturated rings. The highest BCUT2D eigenvalue weighted by Gasteiger charge is 2.31. The van der Waals surface area contributed by atoms with E-state index in [4.69, 9.17) is 0 Å². The number of carbonyl (C=O) groups is 2. The van der Waals surface area contributed by atoms with Gasteiger partial charge in [0.25, 0.3) is 0 Å². The van der Waals surface area contributed by atoms with E-state index >= 15 is 0 Å². The summed E-state index contributed by atoms with van der Waals surface area (Å²) >= 11 is 0. The standard InChI is InChI=1S/C18H25N5O2.HI/c1-2-19-18(20-11-16(24)21-13-8-9-13)22-14-10-17(25)23(12-14)15-6-4-3-5-7-15;/h3-7,13-14H,2,8-12H2,1H3,(H,21,24)(H2,19,20,22);1H. The van der Waals surface area contributed by atoms with Gasteiger partial charge in [-0.3, -0.25) is 9.59 Å². The average Bonchev–Trinajstić information content (AvgIpc) is 3.34. The van der Waals surface area contributed by atoms with Crippen molar-refractivity contribution >= 4 is 47.4 Å². The van der Waals surface area contributed by atoms with E-state index in [1.165, 1.54) is 0 Å². The predicted molar refractivity (Wildman–Crippen MR) is 113 cm³/mol. The topological polar surface area (TPSA) is 85.8 Å². The molecular weight excluding hydrogens is 445 g/mol. The Balaban J connectivity index is 0.00000243. The number of guanidine groups is 1. The Labute approximate surface area is 171 Å². The minimum absolute atomic E-state index is 0. The van der Waals surface area contributed by atoms with Gasteiger partial charge in [-0.1, -0.05) is 18.2 Å². The van der Waals surface area contributed by atoms with E-state index in [-0.39, 0.29) is 48.4 Å². The first kappa shape index (κ1) is 20.5. The predicted octanol–water partition coefficient (Wildman–Crippen LogP) is 1.24. The second-order valence-electron chi connectivity index (χ2n) is 6.42. The Kier molecular flexibility index (Phi) is 7.67. The van der Waals surface area contributed by atoms with E-state index < -0.39 is 0 Å². The van der Waals surface area contributed by atoms with Crippen LogP contribution < -0.4 is 20.9 Å². The fourth-order valence-electron chi connectivity index (χ4n) is 2.83. The van der Waals surface area contributed by atoms with Crippen LogP contribution in [0.25, 0.3) is 0 Å². The molecule has 2 aliphatic rings. The number of carbonyl (C=O) groups excluding carboxylic acids is 2. The lowest BCUT2D eigenvalue weighted by Crippen LogP contribution is -2.45. The van der Waals surface area contributed by atoms with Gasteiger partial charge in [-0.2, -0.15) is 0 Å². The highest BCUT2D eigenvalue weighted by molar-refractivity contribution is 14.0. The maximum absolute atomic E-state index is 12.3. The summed E-state index contributed by atoms with van der Waals surface area (Å²) in [5, 5.41) is 9.32. The van der Waals surface area contributed by atoms with Crippen LogP contribution in [0.15, 0.2) is 35.3 Å². The summed E-state index contributed by atoms with van der Waals surface area (Å²) in [6.45, 7) is 3.34. The fraction of sp³-hybridized carbons (Fsp3) is 0.500. The van der Waals surface area contributed by atoms with Crippen LogP contribution in [0.4, 0.5) is 5.69 Å².